The predicted molar refractivity (Wildman–Crippen MR) is 102 cm³/mol. The molecule has 1 saturated heterocycles. The van der Waals surface area contributed by atoms with Crippen LogP contribution in [0.4, 0.5) is 5.95 Å². The first kappa shape index (κ1) is 26.3. The number of nitrogen functional groups attached to an aromatic ring is 1. The van der Waals surface area contributed by atoms with Crippen LogP contribution < -0.4 is 10.4 Å². The van der Waals surface area contributed by atoms with Gasteiger partial charge in [0.2, 0.25) is 11.6 Å². The maximum Gasteiger partial charge on any atom is 0.560 e. The van der Waals surface area contributed by atoms with E-state index in [0.717, 1.165) is 6.33 Å². The van der Waals surface area contributed by atoms with Crippen molar-refractivity contribution < 1.29 is 66.2 Å². The number of nitrogens with two attached hydrogens (primary N) is 1. The molecule has 0 bridgehead atoms. The highest BCUT2D eigenvalue weighted by Gasteiger charge is 2.51. The lowest BCUT2D eigenvalue weighted by Gasteiger charge is -2.23. The lowest BCUT2D eigenvalue weighted by molar-refractivity contribution is -0.127. The Labute approximate surface area is 187 Å². The third kappa shape index (κ3) is 6.25. The van der Waals surface area contributed by atoms with Crippen LogP contribution in [0.2, 0.25) is 5.15 Å². The Morgan fingerprint density at radius 2 is 1.82 bits per heavy atom. The topological polar surface area (TPSA) is 288 Å². The maximum absolute atomic E-state index is 13.2. The minimum Gasteiger partial charge on any atom is -0.394 e. The van der Waals surface area contributed by atoms with Gasteiger partial charge in [-0.1, -0.05) is 11.6 Å². The number of fused-ring (bicyclic) bond motifs is 1. The number of aliphatic hydroxyl groups excluding tert-OH is 3. The molecule has 8 N–H and O–H groups in total. The molecule has 3 unspecified atom stereocenters. The summed E-state index contributed by atoms with van der Waals surface area (Å²) >= 11 is 5.84. The monoisotopic (exact) mass is 557 g/mol. The second-order valence-corrected chi connectivity index (χ2v) is 10.9. The van der Waals surface area contributed by atoms with Gasteiger partial charge < -0.3 is 45.1 Å². The summed E-state index contributed by atoms with van der Waals surface area (Å²) in [5.41, 5.74) is 4.92. The van der Waals surface area contributed by atoms with Crippen molar-refractivity contribution in [2.24, 2.45) is 0 Å². The molecule has 0 aromatic carbocycles. The highest BCUT2D eigenvalue weighted by atomic mass is 35.5. The molecule has 0 spiro atoms. The number of rotatable bonds is 9. The van der Waals surface area contributed by atoms with E-state index >= 15 is 0 Å². The molecule has 1 fully saturated rings. The van der Waals surface area contributed by atoms with Crippen LogP contribution in [0.15, 0.2) is 6.33 Å². The van der Waals surface area contributed by atoms with Crippen molar-refractivity contribution in [2.45, 2.75) is 24.6 Å². The maximum atomic E-state index is 13.2. The Morgan fingerprint density at radius 1 is 1.15 bits per heavy atom. The van der Waals surface area contributed by atoms with Crippen LogP contribution in [0, 0.1) is 0 Å². The van der Waals surface area contributed by atoms with Gasteiger partial charge in [0, 0.05) is 0 Å². The fraction of sp³-hybridized carbons (Fsp3) is 0.500. The van der Waals surface area contributed by atoms with E-state index in [-0.39, 0.29) is 16.3 Å². The zero-order valence-corrected chi connectivity index (χ0v) is 19.1. The van der Waals surface area contributed by atoms with E-state index in [1.54, 1.807) is 0 Å². The van der Waals surface area contributed by atoms with Crippen LogP contribution in [0.5, 0.6) is 0 Å². The predicted octanol–water partition coefficient (Wildman–Crippen LogP) is -1.72. The molecule has 0 radical (unpaired) electrons. The molecule has 19 nitrogen and oxygen atoms in total. The zero-order valence-electron chi connectivity index (χ0n) is 15.6. The molecule has 1 aliphatic rings. The second-order valence-electron chi connectivity index (χ2n) is 6.08. The third-order valence-electron chi connectivity index (χ3n) is 3.67. The summed E-state index contributed by atoms with van der Waals surface area (Å²) in [6, 6.07) is 0. The van der Waals surface area contributed by atoms with Crippen LogP contribution >= 0.6 is 35.1 Å². The largest absolute Gasteiger partial charge is 0.560 e. The Morgan fingerprint density at radius 3 is 2.39 bits per heavy atom. The molecule has 3 heterocycles. The van der Waals surface area contributed by atoms with E-state index < -0.39 is 60.6 Å². The number of anilines is 1. The van der Waals surface area contributed by atoms with E-state index in [9.17, 15) is 28.8 Å². The van der Waals surface area contributed by atoms with Crippen molar-refractivity contribution in [3.63, 3.8) is 0 Å². The average molecular weight is 558 g/mol. The van der Waals surface area contributed by atoms with Crippen LogP contribution in [-0.4, -0.2) is 80.9 Å². The van der Waals surface area contributed by atoms with Gasteiger partial charge in [0.1, 0.15) is 30.2 Å². The molecule has 0 aliphatic carbocycles. The van der Waals surface area contributed by atoms with E-state index in [2.05, 4.69) is 23.6 Å². The van der Waals surface area contributed by atoms with Gasteiger partial charge in [-0.15, -0.1) is 4.73 Å². The number of halogens is 1. The van der Waals surface area contributed by atoms with Gasteiger partial charge in [-0.2, -0.15) is 18.6 Å². The number of imidazole rings is 1. The molecule has 2 aromatic rings. The fourth-order valence-electron chi connectivity index (χ4n) is 2.44. The number of hydrogen-bond donors (Lipinski definition) is 7. The van der Waals surface area contributed by atoms with Gasteiger partial charge in [-0.25, -0.2) is 23.2 Å². The van der Waals surface area contributed by atoms with Gasteiger partial charge in [-0.3, -0.25) is 0 Å². The summed E-state index contributed by atoms with van der Waals surface area (Å²) in [6.07, 6.45) is -6.54. The molecule has 1 aliphatic heterocycles. The molecule has 2 aromatic heterocycles. The van der Waals surface area contributed by atoms with Gasteiger partial charge in [-0.05, 0) is 0 Å². The van der Waals surface area contributed by atoms with E-state index in [4.69, 9.17) is 46.1 Å². The molecule has 23 heteroatoms. The van der Waals surface area contributed by atoms with Gasteiger partial charge >= 0.3 is 23.5 Å². The first-order valence-electron chi connectivity index (χ1n) is 8.21. The number of hydrogen-bond acceptors (Lipinski definition) is 15. The molecular formula is C10H15ClN5O14P3. The SMILES string of the molecule is Nc1nc(Cl)c2ncn(OP(=O)(OC3O[C@H](CO)[C@@H](O)[C@H]3O)OP(=O)(O)OP(=O)(O)O)c2n1. The molecule has 0 amide bonds. The highest BCUT2D eigenvalue weighted by Crippen LogP contribution is 2.67. The van der Waals surface area contributed by atoms with Gasteiger partial charge in [0.15, 0.2) is 11.4 Å². The lowest BCUT2D eigenvalue weighted by Crippen LogP contribution is -2.34. The minimum atomic E-state index is -5.89. The van der Waals surface area contributed by atoms with E-state index in [0.29, 0.717) is 4.73 Å². The first-order chi connectivity index (χ1) is 15.1. The summed E-state index contributed by atoms with van der Waals surface area (Å²) in [5.74, 6) is -0.407. The molecule has 3 rings (SSSR count). The normalized spacial score (nSPS) is 27.4. The Bertz CT molecular complexity index is 1170. The van der Waals surface area contributed by atoms with Crippen LogP contribution in [0.25, 0.3) is 11.2 Å². The number of aromatic nitrogens is 4. The van der Waals surface area contributed by atoms with E-state index in [1.165, 1.54) is 0 Å². The van der Waals surface area contributed by atoms with Crippen molar-refractivity contribution in [2.75, 3.05) is 12.3 Å². The summed E-state index contributed by atoms with van der Waals surface area (Å²) in [4.78, 5) is 38.2. The van der Waals surface area contributed by atoms with Crippen molar-refractivity contribution in [3.05, 3.63) is 11.5 Å². The first-order valence-corrected chi connectivity index (χ1v) is 13.1. The van der Waals surface area contributed by atoms with Gasteiger partial charge in [0.05, 0.1) is 6.61 Å². The molecule has 186 valence electrons. The fourth-order valence-corrected chi connectivity index (χ4v) is 6.21. The van der Waals surface area contributed by atoms with Crippen molar-refractivity contribution in [1.82, 2.24) is 19.7 Å². The van der Waals surface area contributed by atoms with Crippen LogP contribution in [0.3, 0.4) is 0 Å². The van der Waals surface area contributed by atoms with Crippen molar-refractivity contribution in [3.8, 4) is 0 Å². The molecule has 6 atom stereocenters. The minimum absolute atomic E-state index is 0.163. The van der Waals surface area contributed by atoms with Crippen molar-refractivity contribution in [1.29, 1.82) is 0 Å². The Hall–Kier alpha value is -1.27. The summed E-state index contributed by atoms with van der Waals surface area (Å²) in [6.45, 7) is -0.829. The number of phosphoric acid groups is 3. The average Bonchev–Trinajstić information content (AvgIpc) is 3.14. The highest BCUT2D eigenvalue weighted by molar-refractivity contribution is 7.66. The standard InChI is InChI=1S/C10H15ClN5O14P3/c11-7-4-8(15-10(12)14-7)16(2-13-4)28-33(25,30-32(23,24)29-31(20,21)22)27-9-6(19)5(18)3(1-17)26-9/h2-3,5-6,9,17-19H,1H2,(H,23,24)(H2,12,14,15)(H2,20,21,22)/t3-,5-,6-,9?,33?/m1/s1. The summed E-state index contributed by atoms with van der Waals surface area (Å²) in [7, 11) is -17.1. The van der Waals surface area contributed by atoms with E-state index in [1.807, 2.05) is 0 Å². The van der Waals surface area contributed by atoms with Crippen LogP contribution in [-0.2, 0) is 31.6 Å². The Kier molecular flexibility index (Phi) is 7.51. The van der Waals surface area contributed by atoms with Crippen molar-refractivity contribution >= 4 is 52.2 Å². The molecule has 33 heavy (non-hydrogen) atoms. The molecular weight excluding hydrogens is 543 g/mol. The van der Waals surface area contributed by atoms with Crippen LogP contribution in [0.1, 0.15) is 0 Å². The van der Waals surface area contributed by atoms with Gasteiger partial charge in [0.25, 0.3) is 0 Å². The summed E-state index contributed by atoms with van der Waals surface area (Å²) in [5, 5.41) is 28.6. The quantitative estimate of drug-likeness (QED) is 0.133. The number of ether oxygens (including phenoxy) is 1. The zero-order chi connectivity index (χ0) is 24.8. The Balaban J connectivity index is 1.98. The number of aliphatic hydroxyl groups is 3. The summed E-state index contributed by atoms with van der Waals surface area (Å²) < 4.78 is 58.9. The third-order valence-corrected chi connectivity index (χ3v) is 8.08. The smallest absolute Gasteiger partial charge is 0.394 e. The number of nitrogens with zero attached hydrogens (tertiary/aromatic N) is 4. The lowest BCUT2D eigenvalue weighted by atomic mass is 10.1. The molecule has 0 saturated carbocycles. The second kappa shape index (κ2) is 9.41.